The fourth-order valence-electron chi connectivity index (χ4n) is 2.75. The summed E-state index contributed by atoms with van der Waals surface area (Å²) in [4.78, 5) is 2.14. The lowest BCUT2D eigenvalue weighted by Crippen LogP contribution is -2.50. The van der Waals surface area contributed by atoms with Gasteiger partial charge in [0.1, 0.15) is 0 Å². The van der Waals surface area contributed by atoms with Crippen molar-refractivity contribution in [3.05, 3.63) is 0 Å². The van der Waals surface area contributed by atoms with E-state index in [0.717, 1.165) is 32.4 Å². The van der Waals surface area contributed by atoms with Crippen LogP contribution < -0.4 is 10.5 Å². The molecule has 0 spiro atoms. The molecular weight excluding hydrogens is 252 g/mol. The van der Waals surface area contributed by atoms with Crippen LogP contribution in [-0.2, 0) is 10.2 Å². The maximum absolute atomic E-state index is 12.3. The van der Waals surface area contributed by atoms with Crippen LogP contribution in [0.15, 0.2) is 0 Å². The predicted molar refractivity (Wildman–Crippen MR) is 71.3 cm³/mol. The highest BCUT2D eigenvalue weighted by atomic mass is 32.2. The van der Waals surface area contributed by atoms with Crippen molar-refractivity contribution in [2.45, 2.75) is 25.3 Å². The van der Waals surface area contributed by atoms with Crippen LogP contribution in [0.2, 0.25) is 0 Å². The predicted octanol–water partition coefficient (Wildman–Crippen LogP) is -0.804. The van der Waals surface area contributed by atoms with Crippen LogP contribution in [0.3, 0.4) is 0 Å². The molecule has 7 heteroatoms. The highest BCUT2D eigenvalue weighted by Crippen LogP contribution is 2.18. The molecule has 2 heterocycles. The summed E-state index contributed by atoms with van der Waals surface area (Å²) in [5.74, 6) is 0.307. The first-order valence-electron chi connectivity index (χ1n) is 6.67. The fraction of sp³-hybridized carbons (Fsp3) is 1.00. The average Bonchev–Trinajstić information content (AvgIpc) is 2.74. The maximum atomic E-state index is 12.3. The lowest BCUT2D eigenvalue weighted by molar-refractivity contribution is 0.267. The van der Waals surface area contributed by atoms with Crippen LogP contribution in [-0.4, -0.2) is 63.4 Å². The third-order valence-electron chi connectivity index (χ3n) is 3.86. The van der Waals surface area contributed by atoms with E-state index in [1.807, 2.05) is 7.05 Å². The van der Waals surface area contributed by atoms with E-state index in [-0.39, 0.29) is 6.04 Å². The Bertz CT molecular complexity index is 373. The number of rotatable bonds is 4. The van der Waals surface area contributed by atoms with Crippen LogP contribution in [0.5, 0.6) is 0 Å². The molecule has 0 amide bonds. The monoisotopic (exact) mass is 276 g/mol. The Morgan fingerprint density at radius 1 is 1.28 bits per heavy atom. The summed E-state index contributed by atoms with van der Waals surface area (Å²) in [6, 6.07) is 0.0539. The summed E-state index contributed by atoms with van der Waals surface area (Å²) in [6.07, 6.45) is 2.84. The molecular formula is C11H24N4O2S. The van der Waals surface area contributed by atoms with E-state index in [1.54, 1.807) is 4.31 Å². The van der Waals surface area contributed by atoms with Crippen molar-refractivity contribution in [3.63, 3.8) is 0 Å². The second-order valence-electron chi connectivity index (χ2n) is 5.47. The van der Waals surface area contributed by atoms with Gasteiger partial charge in [0.2, 0.25) is 0 Å². The minimum Gasteiger partial charge on any atom is -0.330 e. The Morgan fingerprint density at radius 3 is 2.67 bits per heavy atom. The fourth-order valence-corrected chi connectivity index (χ4v) is 4.29. The lowest BCUT2D eigenvalue weighted by atomic mass is 10.0. The second-order valence-corrected chi connectivity index (χ2v) is 7.17. The number of likely N-dealkylation sites (N-methyl/N-ethyl adjacent to an activating group) is 1. The number of nitrogens with two attached hydrogens (primary N) is 1. The Kier molecular flexibility index (Phi) is 4.60. The SMILES string of the molecule is CN1CCC(NS(=O)(=O)N2CCCC(CN)C2)C1. The molecule has 0 aromatic heterocycles. The van der Waals surface area contributed by atoms with Gasteiger partial charge < -0.3 is 10.6 Å². The molecule has 0 saturated carbocycles. The van der Waals surface area contributed by atoms with Crippen molar-refractivity contribution in [3.8, 4) is 0 Å². The molecule has 0 radical (unpaired) electrons. The van der Waals surface area contributed by atoms with Crippen LogP contribution in [0.4, 0.5) is 0 Å². The van der Waals surface area contributed by atoms with E-state index >= 15 is 0 Å². The maximum Gasteiger partial charge on any atom is 0.279 e. The summed E-state index contributed by atoms with van der Waals surface area (Å²) >= 11 is 0. The topological polar surface area (TPSA) is 78.7 Å². The summed E-state index contributed by atoms with van der Waals surface area (Å²) in [7, 11) is -1.32. The van der Waals surface area contributed by atoms with Gasteiger partial charge in [-0.1, -0.05) is 0 Å². The minimum absolute atomic E-state index is 0.0539. The zero-order valence-corrected chi connectivity index (χ0v) is 11.8. The van der Waals surface area contributed by atoms with E-state index in [2.05, 4.69) is 9.62 Å². The molecule has 2 fully saturated rings. The van der Waals surface area contributed by atoms with Gasteiger partial charge in [-0.05, 0) is 45.3 Å². The number of nitrogens with zero attached hydrogens (tertiary/aromatic N) is 2. The van der Waals surface area contributed by atoms with Gasteiger partial charge in [-0.25, -0.2) is 0 Å². The molecule has 2 aliphatic rings. The zero-order chi connectivity index (χ0) is 13.2. The van der Waals surface area contributed by atoms with E-state index < -0.39 is 10.2 Å². The molecule has 0 aromatic rings. The molecule has 2 unspecified atom stereocenters. The van der Waals surface area contributed by atoms with Gasteiger partial charge in [0, 0.05) is 25.7 Å². The third kappa shape index (κ3) is 3.42. The number of nitrogens with one attached hydrogen (secondary N) is 1. The summed E-state index contributed by atoms with van der Waals surface area (Å²) in [6.45, 7) is 3.51. The molecule has 18 heavy (non-hydrogen) atoms. The quantitative estimate of drug-likeness (QED) is 0.704. The number of likely N-dealkylation sites (tertiary alicyclic amines) is 1. The van der Waals surface area contributed by atoms with Gasteiger partial charge in [-0.2, -0.15) is 17.4 Å². The summed E-state index contributed by atoms with van der Waals surface area (Å²) in [5, 5.41) is 0. The van der Waals surface area contributed by atoms with Crippen molar-refractivity contribution in [1.29, 1.82) is 0 Å². The number of hydrogen-bond donors (Lipinski definition) is 2. The van der Waals surface area contributed by atoms with Crippen molar-refractivity contribution in [2.75, 3.05) is 39.8 Å². The molecule has 106 valence electrons. The van der Waals surface area contributed by atoms with Crippen molar-refractivity contribution < 1.29 is 8.42 Å². The average molecular weight is 276 g/mol. The second kappa shape index (κ2) is 5.83. The summed E-state index contributed by atoms with van der Waals surface area (Å²) < 4.78 is 28.9. The van der Waals surface area contributed by atoms with Gasteiger partial charge in [-0.15, -0.1) is 0 Å². The molecule has 3 N–H and O–H groups in total. The van der Waals surface area contributed by atoms with Crippen LogP contribution in [0.25, 0.3) is 0 Å². The Balaban J connectivity index is 1.93. The molecule has 0 aliphatic carbocycles. The Morgan fingerprint density at radius 2 is 2.06 bits per heavy atom. The molecule has 2 atom stereocenters. The van der Waals surface area contributed by atoms with Crippen LogP contribution in [0.1, 0.15) is 19.3 Å². The van der Waals surface area contributed by atoms with Gasteiger partial charge in [-0.3, -0.25) is 0 Å². The lowest BCUT2D eigenvalue weighted by Gasteiger charge is -2.32. The first-order valence-corrected chi connectivity index (χ1v) is 8.11. The van der Waals surface area contributed by atoms with E-state index in [0.29, 0.717) is 25.6 Å². The zero-order valence-electron chi connectivity index (χ0n) is 11.0. The third-order valence-corrected chi connectivity index (χ3v) is 5.50. The Hall–Kier alpha value is -0.210. The smallest absolute Gasteiger partial charge is 0.279 e. The van der Waals surface area contributed by atoms with Gasteiger partial charge in [0.05, 0.1) is 0 Å². The largest absolute Gasteiger partial charge is 0.330 e. The number of piperidine rings is 1. The first-order chi connectivity index (χ1) is 8.51. The molecule has 6 nitrogen and oxygen atoms in total. The molecule has 2 rings (SSSR count). The van der Waals surface area contributed by atoms with E-state index in [4.69, 9.17) is 5.73 Å². The standard InChI is InChI=1S/C11H24N4O2S/c1-14-6-4-11(9-14)13-18(16,17)15-5-2-3-10(7-12)8-15/h10-11,13H,2-9,12H2,1H3. The molecule has 0 bridgehead atoms. The highest BCUT2D eigenvalue weighted by molar-refractivity contribution is 7.87. The minimum atomic E-state index is -3.33. The van der Waals surface area contributed by atoms with Gasteiger partial charge >= 0.3 is 0 Å². The van der Waals surface area contributed by atoms with E-state index in [1.165, 1.54) is 0 Å². The van der Waals surface area contributed by atoms with Crippen LogP contribution in [0, 0.1) is 5.92 Å². The summed E-state index contributed by atoms with van der Waals surface area (Å²) in [5.41, 5.74) is 5.64. The number of hydrogen-bond acceptors (Lipinski definition) is 4. The van der Waals surface area contributed by atoms with Crippen molar-refractivity contribution >= 4 is 10.2 Å². The van der Waals surface area contributed by atoms with Gasteiger partial charge in [0.15, 0.2) is 0 Å². The Labute approximate surface area is 110 Å². The van der Waals surface area contributed by atoms with Crippen molar-refractivity contribution in [2.24, 2.45) is 11.7 Å². The normalized spacial score (nSPS) is 31.9. The van der Waals surface area contributed by atoms with E-state index in [9.17, 15) is 8.42 Å². The van der Waals surface area contributed by atoms with Crippen LogP contribution >= 0.6 is 0 Å². The first kappa shape index (κ1) is 14.2. The van der Waals surface area contributed by atoms with Gasteiger partial charge in [0.25, 0.3) is 10.2 Å². The van der Waals surface area contributed by atoms with Crippen molar-refractivity contribution in [1.82, 2.24) is 13.9 Å². The molecule has 2 aliphatic heterocycles. The molecule has 2 saturated heterocycles. The highest BCUT2D eigenvalue weighted by Gasteiger charge is 2.31. The molecule has 0 aromatic carbocycles.